The first-order valence-corrected chi connectivity index (χ1v) is 12.4. The summed E-state index contributed by atoms with van der Waals surface area (Å²) in [5.74, 6) is 1.26. The normalized spacial score (nSPS) is 25.8. The molecule has 2 aromatic rings. The van der Waals surface area contributed by atoms with E-state index in [0.717, 1.165) is 43.9 Å². The monoisotopic (exact) mass is 442 g/mol. The largest absolute Gasteiger partial charge is 0.354 e. The number of carbonyl (C=O) groups is 1. The first-order chi connectivity index (χ1) is 16.1. The number of likely N-dealkylation sites (N-methyl/N-ethyl adjacent to an activating group) is 1. The van der Waals surface area contributed by atoms with Crippen molar-refractivity contribution in [1.29, 1.82) is 5.26 Å². The maximum atomic E-state index is 12.5. The van der Waals surface area contributed by atoms with E-state index in [0.29, 0.717) is 18.4 Å². The van der Waals surface area contributed by atoms with Crippen LogP contribution < -0.4 is 5.32 Å². The number of fused-ring (bicyclic) bond motifs is 1. The van der Waals surface area contributed by atoms with Gasteiger partial charge in [0.15, 0.2) is 0 Å². The molecule has 2 unspecified atom stereocenters. The third-order valence-electron chi connectivity index (χ3n) is 7.95. The molecule has 2 aliphatic carbocycles. The molecule has 2 aromatic carbocycles. The predicted octanol–water partition coefficient (Wildman–Crippen LogP) is 3.87. The first kappa shape index (κ1) is 22.1. The van der Waals surface area contributed by atoms with Crippen LogP contribution in [0, 0.1) is 29.1 Å². The molecule has 1 aliphatic heterocycles. The van der Waals surface area contributed by atoms with Crippen molar-refractivity contribution < 1.29 is 4.79 Å². The van der Waals surface area contributed by atoms with Gasteiger partial charge in [0, 0.05) is 45.2 Å². The van der Waals surface area contributed by atoms with Crippen molar-refractivity contribution in [2.45, 2.75) is 31.7 Å². The van der Waals surface area contributed by atoms with Crippen LogP contribution in [0.25, 0.3) is 11.1 Å². The van der Waals surface area contributed by atoms with Gasteiger partial charge in [0.1, 0.15) is 0 Å². The molecular formula is C28H34N4O. The number of nitriles is 1. The smallest absolute Gasteiger partial charge is 0.223 e. The second kappa shape index (κ2) is 9.67. The maximum absolute atomic E-state index is 12.5. The molecule has 3 atom stereocenters. The Morgan fingerprint density at radius 1 is 1.00 bits per heavy atom. The molecule has 172 valence electrons. The van der Waals surface area contributed by atoms with Crippen LogP contribution in [0.1, 0.15) is 36.3 Å². The number of piperazine rings is 1. The molecule has 1 N–H and O–H groups in total. The summed E-state index contributed by atoms with van der Waals surface area (Å²) in [6, 6.07) is 19.4. The lowest BCUT2D eigenvalue weighted by molar-refractivity contribution is -0.123. The van der Waals surface area contributed by atoms with E-state index in [1.165, 1.54) is 30.4 Å². The zero-order valence-electron chi connectivity index (χ0n) is 19.5. The Labute approximate surface area is 197 Å². The van der Waals surface area contributed by atoms with Gasteiger partial charge < -0.3 is 10.2 Å². The average Bonchev–Trinajstić information content (AvgIpc) is 3.33. The van der Waals surface area contributed by atoms with Crippen LogP contribution in [0.2, 0.25) is 0 Å². The van der Waals surface area contributed by atoms with Gasteiger partial charge in [0.05, 0.1) is 12.0 Å². The van der Waals surface area contributed by atoms with Gasteiger partial charge in [0.25, 0.3) is 0 Å². The highest BCUT2D eigenvalue weighted by molar-refractivity contribution is 5.82. The number of rotatable bonds is 7. The Morgan fingerprint density at radius 2 is 1.61 bits per heavy atom. The molecule has 5 rings (SSSR count). The van der Waals surface area contributed by atoms with Crippen LogP contribution in [0.5, 0.6) is 0 Å². The summed E-state index contributed by atoms with van der Waals surface area (Å²) >= 11 is 0. The van der Waals surface area contributed by atoms with E-state index in [9.17, 15) is 10.1 Å². The van der Waals surface area contributed by atoms with Crippen LogP contribution in [0.3, 0.4) is 0 Å². The highest BCUT2D eigenvalue weighted by atomic mass is 16.2. The third kappa shape index (κ3) is 4.98. The van der Waals surface area contributed by atoms with Gasteiger partial charge in [-0.2, -0.15) is 5.26 Å². The zero-order chi connectivity index (χ0) is 22.8. The molecule has 0 bridgehead atoms. The Bertz CT molecular complexity index is 992. The van der Waals surface area contributed by atoms with E-state index in [2.05, 4.69) is 64.6 Å². The quantitative estimate of drug-likeness (QED) is 0.707. The van der Waals surface area contributed by atoms with Crippen LogP contribution in [0.4, 0.5) is 0 Å². The molecule has 33 heavy (non-hydrogen) atoms. The van der Waals surface area contributed by atoms with Crippen molar-refractivity contribution in [1.82, 2.24) is 15.1 Å². The highest BCUT2D eigenvalue weighted by Gasteiger charge is 2.56. The fourth-order valence-corrected chi connectivity index (χ4v) is 5.74. The van der Waals surface area contributed by atoms with Crippen molar-refractivity contribution in [3.8, 4) is 17.2 Å². The molecule has 3 fully saturated rings. The average molecular weight is 443 g/mol. The highest BCUT2D eigenvalue weighted by Crippen LogP contribution is 2.57. The molecular weight excluding hydrogens is 408 g/mol. The molecule has 0 radical (unpaired) electrons. The third-order valence-corrected chi connectivity index (χ3v) is 7.95. The van der Waals surface area contributed by atoms with E-state index >= 15 is 0 Å². The van der Waals surface area contributed by atoms with E-state index in [1.807, 2.05) is 12.1 Å². The minimum absolute atomic E-state index is 0.151. The number of nitrogens with zero attached hydrogens (tertiary/aromatic N) is 3. The van der Waals surface area contributed by atoms with Gasteiger partial charge in [-0.25, -0.2) is 0 Å². The maximum Gasteiger partial charge on any atom is 0.223 e. The zero-order valence-corrected chi connectivity index (χ0v) is 19.5. The number of hydrogen-bond donors (Lipinski definition) is 1. The van der Waals surface area contributed by atoms with Gasteiger partial charge in [-0.1, -0.05) is 55.0 Å². The summed E-state index contributed by atoms with van der Waals surface area (Å²) in [6.07, 6.45) is 3.66. The SMILES string of the molecule is CN1CCN(Cc2ccc(-c3ccc([C@H](C#N)CNC(=O)C4C5CCCC54)cc3)cc2)CC1. The van der Waals surface area contributed by atoms with E-state index < -0.39 is 0 Å². The van der Waals surface area contributed by atoms with Crippen molar-refractivity contribution in [3.63, 3.8) is 0 Å². The van der Waals surface area contributed by atoms with Gasteiger partial charge in [-0.05, 0) is 54.0 Å². The molecule has 5 nitrogen and oxygen atoms in total. The fourth-order valence-electron chi connectivity index (χ4n) is 5.74. The Hall–Kier alpha value is -2.68. The lowest BCUT2D eigenvalue weighted by Crippen LogP contribution is -2.43. The summed E-state index contributed by atoms with van der Waals surface area (Å²) in [5.41, 5.74) is 4.64. The van der Waals surface area contributed by atoms with Gasteiger partial charge in [-0.3, -0.25) is 9.69 Å². The summed E-state index contributed by atoms with van der Waals surface area (Å²) in [4.78, 5) is 17.3. The van der Waals surface area contributed by atoms with Crippen molar-refractivity contribution in [3.05, 3.63) is 59.7 Å². The van der Waals surface area contributed by atoms with Crippen LogP contribution in [-0.4, -0.2) is 55.5 Å². The lowest BCUT2D eigenvalue weighted by atomic mass is 9.96. The topological polar surface area (TPSA) is 59.4 Å². The summed E-state index contributed by atoms with van der Waals surface area (Å²) in [7, 11) is 2.19. The Balaban J connectivity index is 1.15. The van der Waals surface area contributed by atoms with Gasteiger partial charge >= 0.3 is 0 Å². The molecule has 1 amide bonds. The molecule has 0 aromatic heterocycles. The summed E-state index contributed by atoms with van der Waals surface area (Å²) in [6.45, 7) is 5.93. The summed E-state index contributed by atoms with van der Waals surface area (Å²) in [5, 5.41) is 12.7. The Morgan fingerprint density at radius 3 is 2.21 bits per heavy atom. The number of hydrogen-bond acceptors (Lipinski definition) is 4. The number of amides is 1. The minimum Gasteiger partial charge on any atom is -0.354 e. The van der Waals surface area contributed by atoms with Crippen molar-refractivity contribution in [2.24, 2.45) is 17.8 Å². The number of carbonyl (C=O) groups excluding carboxylic acids is 1. The molecule has 0 spiro atoms. The minimum atomic E-state index is -0.312. The van der Waals surface area contributed by atoms with Gasteiger partial charge in [0.2, 0.25) is 5.91 Å². The molecule has 3 aliphatic rings. The van der Waals surface area contributed by atoms with Crippen LogP contribution in [-0.2, 0) is 11.3 Å². The van der Waals surface area contributed by atoms with Crippen LogP contribution in [0.15, 0.2) is 48.5 Å². The molecule has 2 saturated carbocycles. The molecule has 5 heteroatoms. The number of nitrogens with one attached hydrogen (secondary N) is 1. The van der Waals surface area contributed by atoms with E-state index in [1.54, 1.807) is 0 Å². The molecule has 1 heterocycles. The molecule has 1 saturated heterocycles. The first-order valence-electron chi connectivity index (χ1n) is 12.4. The van der Waals surface area contributed by atoms with Gasteiger partial charge in [-0.15, -0.1) is 0 Å². The lowest BCUT2D eigenvalue weighted by Gasteiger charge is -2.32. The second-order valence-electron chi connectivity index (χ2n) is 10.1. The van der Waals surface area contributed by atoms with Crippen molar-refractivity contribution >= 4 is 5.91 Å². The van der Waals surface area contributed by atoms with E-state index in [-0.39, 0.29) is 17.7 Å². The standard InChI is InChI=1S/C28H34N4O/c1-31-13-15-32(16-14-31)19-20-5-7-21(8-6-20)22-9-11-23(12-10-22)24(17-29)18-30-28(33)27-25-3-2-4-26(25)27/h5-12,24-27H,2-4,13-16,18-19H2,1H3,(H,30,33)/t24-,25?,26?,27?/m1/s1. The predicted molar refractivity (Wildman–Crippen MR) is 130 cm³/mol. The summed E-state index contributed by atoms with van der Waals surface area (Å²) < 4.78 is 0. The Kier molecular flexibility index (Phi) is 6.48. The second-order valence-corrected chi connectivity index (χ2v) is 10.1. The van der Waals surface area contributed by atoms with Crippen molar-refractivity contribution in [2.75, 3.05) is 39.8 Å². The number of benzene rings is 2. The fraction of sp³-hybridized carbons (Fsp3) is 0.500. The van der Waals surface area contributed by atoms with E-state index in [4.69, 9.17) is 0 Å². The van der Waals surface area contributed by atoms with Crippen LogP contribution >= 0.6 is 0 Å².